The van der Waals surface area contributed by atoms with Crippen molar-refractivity contribution < 1.29 is 19.2 Å². The van der Waals surface area contributed by atoms with E-state index in [1.54, 1.807) is 0 Å². The molecule has 1 aliphatic rings. The predicted molar refractivity (Wildman–Crippen MR) is 185 cm³/mol. The van der Waals surface area contributed by atoms with E-state index in [1.807, 2.05) is 91.3 Å². The summed E-state index contributed by atoms with van der Waals surface area (Å²) in [6.07, 6.45) is 5.56. The van der Waals surface area contributed by atoms with Crippen LogP contribution < -0.4 is 27.0 Å². The van der Waals surface area contributed by atoms with Gasteiger partial charge in [0.05, 0.1) is 0 Å². The standard InChI is InChI=1S/C37H41N7O4/c38-34(45)31(18-23-8-2-1-3-9-23)42-36(47)33(20-26-22-41-30-13-7-5-11-28(26)30)44-37(48)32(43-35(46)24-14-16-39-17-15-24)19-25-21-40-29-12-6-4-10-27(25)29/h1-13,21-22,24,31-33,39-41H,14-20H2,(H2,38,45)(H,42,47)(H,43,46)(H,44,48). The number of benzene rings is 3. The van der Waals surface area contributed by atoms with Gasteiger partial charge in [-0.3, -0.25) is 19.2 Å². The zero-order valence-electron chi connectivity index (χ0n) is 26.6. The molecule has 11 heteroatoms. The highest BCUT2D eigenvalue weighted by molar-refractivity contribution is 5.95. The lowest BCUT2D eigenvalue weighted by Crippen LogP contribution is -2.58. The Balaban J connectivity index is 1.27. The number of carbonyl (C=O) groups excluding carboxylic acids is 4. The maximum atomic E-state index is 14.2. The Kier molecular flexibility index (Phi) is 10.2. The fraction of sp³-hybridized carbons (Fsp3) is 0.297. The normalized spacial score (nSPS) is 15.4. The maximum absolute atomic E-state index is 14.2. The van der Waals surface area contributed by atoms with Gasteiger partial charge in [-0.1, -0.05) is 66.7 Å². The molecule has 0 bridgehead atoms. The Morgan fingerprint density at radius 3 is 1.71 bits per heavy atom. The molecule has 4 amide bonds. The molecule has 0 spiro atoms. The minimum atomic E-state index is -1.07. The monoisotopic (exact) mass is 647 g/mol. The van der Waals surface area contributed by atoms with Crippen molar-refractivity contribution in [1.29, 1.82) is 0 Å². The van der Waals surface area contributed by atoms with Gasteiger partial charge in [-0.05, 0) is 54.8 Å². The van der Waals surface area contributed by atoms with Gasteiger partial charge in [-0.15, -0.1) is 0 Å². The van der Waals surface area contributed by atoms with E-state index >= 15 is 0 Å². The van der Waals surface area contributed by atoms with E-state index in [0.717, 1.165) is 51.6 Å². The van der Waals surface area contributed by atoms with Crippen LogP contribution in [0.2, 0.25) is 0 Å². The van der Waals surface area contributed by atoms with Gasteiger partial charge in [-0.25, -0.2) is 0 Å². The van der Waals surface area contributed by atoms with E-state index in [4.69, 9.17) is 5.73 Å². The Hall–Kier alpha value is -5.42. The summed E-state index contributed by atoms with van der Waals surface area (Å²) in [7, 11) is 0. The first kappa shape index (κ1) is 32.5. The predicted octanol–water partition coefficient (Wildman–Crippen LogP) is 2.62. The van der Waals surface area contributed by atoms with E-state index < -0.39 is 35.8 Å². The molecule has 48 heavy (non-hydrogen) atoms. The molecule has 248 valence electrons. The highest BCUT2D eigenvalue weighted by Crippen LogP contribution is 2.22. The third-order valence-electron chi connectivity index (χ3n) is 9.12. The summed E-state index contributed by atoms with van der Waals surface area (Å²) in [5.41, 5.74) is 10.1. The number of H-pyrrole nitrogens is 2. The number of hydrogen-bond acceptors (Lipinski definition) is 5. The molecule has 0 aliphatic carbocycles. The summed E-state index contributed by atoms with van der Waals surface area (Å²) >= 11 is 0. The molecule has 0 saturated carbocycles. The number of rotatable bonds is 13. The van der Waals surface area contributed by atoms with Crippen LogP contribution in [0.5, 0.6) is 0 Å². The van der Waals surface area contributed by atoms with Crippen LogP contribution in [0.3, 0.4) is 0 Å². The van der Waals surface area contributed by atoms with Crippen molar-refractivity contribution in [1.82, 2.24) is 31.2 Å². The number of amides is 4. The highest BCUT2D eigenvalue weighted by atomic mass is 16.2. The number of hydrogen-bond donors (Lipinski definition) is 7. The molecule has 8 N–H and O–H groups in total. The molecule has 2 aromatic heterocycles. The van der Waals surface area contributed by atoms with Crippen LogP contribution in [0.4, 0.5) is 0 Å². The van der Waals surface area contributed by atoms with Gasteiger partial charge in [0.15, 0.2) is 0 Å². The lowest BCUT2D eigenvalue weighted by atomic mass is 9.96. The minimum Gasteiger partial charge on any atom is -0.368 e. The van der Waals surface area contributed by atoms with E-state index in [9.17, 15) is 19.2 Å². The van der Waals surface area contributed by atoms with E-state index in [1.165, 1.54) is 0 Å². The lowest BCUT2D eigenvalue weighted by molar-refractivity contribution is -0.134. The number of para-hydroxylation sites is 2. The second kappa shape index (κ2) is 15.0. The first-order valence-corrected chi connectivity index (χ1v) is 16.4. The van der Waals surface area contributed by atoms with Crippen LogP contribution in [0.15, 0.2) is 91.3 Å². The van der Waals surface area contributed by atoms with Gasteiger partial charge < -0.3 is 37.0 Å². The van der Waals surface area contributed by atoms with E-state index in [-0.39, 0.29) is 31.1 Å². The molecule has 6 rings (SSSR count). The van der Waals surface area contributed by atoms with Crippen molar-refractivity contribution in [2.24, 2.45) is 11.7 Å². The van der Waals surface area contributed by atoms with Gasteiger partial charge in [0.25, 0.3) is 0 Å². The average molecular weight is 648 g/mol. The topological polar surface area (TPSA) is 174 Å². The van der Waals surface area contributed by atoms with Crippen molar-refractivity contribution >= 4 is 45.4 Å². The van der Waals surface area contributed by atoms with Crippen LogP contribution in [-0.4, -0.2) is 64.8 Å². The Labute approximate surface area is 278 Å². The molecule has 1 aliphatic heterocycles. The molecular formula is C37H41N7O4. The summed E-state index contributed by atoms with van der Waals surface area (Å²) < 4.78 is 0. The van der Waals surface area contributed by atoms with Crippen LogP contribution in [0, 0.1) is 5.92 Å². The molecule has 3 aromatic carbocycles. The molecular weight excluding hydrogens is 606 g/mol. The van der Waals surface area contributed by atoms with Gasteiger partial charge in [-0.2, -0.15) is 0 Å². The number of aromatic nitrogens is 2. The second-order valence-corrected chi connectivity index (χ2v) is 12.4. The SMILES string of the molecule is NC(=O)C(Cc1ccccc1)NC(=O)C(Cc1c[nH]c2ccccc12)NC(=O)C(Cc1c[nH]c2ccccc12)NC(=O)C1CCNCC1. The van der Waals surface area contributed by atoms with Crippen LogP contribution in [-0.2, 0) is 38.4 Å². The van der Waals surface area contributed by atoms with Gasteiger partial charge in [0.2, 0.25) is 23.6 Å². The van der Waals surface area contributed by atoms with E-state index in [0.29, 0.717) is 12.8 Å². The summed E-state index contributed by atoms with van der Waals surface area (Å²) in [5.74, 6) is -2.14. The van der Waals surface area contributed by atoms with Gasteiger partial charge in [0.1, 0.15) is 18.1 Å². The zero-order valence-corrected chi connectivity index (χ0v) is 26.6. The first-order chi connectivity index (χ1) is 23.4. The molecule has 3 heterocycles. The summed E-state index contributed by atoms with van der Waals surface area (Å²) in [6.45, 7) is 1.46. The van der Waals surface area contributed by atoms with Crippen molar-refractivity contribution in [3.05, 3.63) is 108 Å². The maximum Gasteiger partial charge on any atom is 0.243 e. The fourth-order valence-corrected chi connectivity index (χ4v) is 6.45. The number of primary amides is 1. The molecule has 1 saturated heterocycles. The Bertz CT molecular complexity index is 1890. The molecule has 11 nitrogen and oxygen atoms in total. The Morgan fingerprint density at radius 1 is 0.646 bits per heavy atom. The van der Waals surface area contributed by atoms with Crippen LogP contribution >= 0.6 is 0 Å². The number of carbonyl (C=O) groups is 4. The van der Waals surface area contributed by atoms with Crippen molar-refractivity contribution in [3.8, 4) is 0 Å². The van der Waals surface area contributed by atoms with Gasteiger partial charge >= 0.3 is 0 Å². The zero-order chi connectivity index (χ0) is 33.5. The molecule has 3 unspecified atom stereocenters. The third-order valence-corrected chi connectivity index (χ3v) is 9.12. The molecule has 0 radical (unpaired) electrons. The number of nitrogens with two attached hydrogens (primary N) is 1. The number of piperidine rings is 1. The third kappa shape index (κ3) is 7.75. The number of aromatic amines is 2. The highest BCUT2D eigenvalue weighted by Gasteiger charge is 2.32. The Morgan fingerprint density at radius 2 is 1.15 bits per heavy atom. The average Bonchev–Trinajstić information content (AvgIpc) is 3.72. The summed E-state index contributed by atoms with van der Waals surface area (Å²) in [4.78, 5) is 60.6. The second-order valence-electron chi connectivity index (χ2n) is 12.4. The van der Waals surface area contributed by atoms with Crippen LogP contribution in [0.25, 0.3) is 21.8 Å². The number of nitrogens with one attached hydrogen (secondary N) is 6. The van der Waals surface area contributed by atoms with E-state index in [2.05, 4.69) is 31.2 Å². The van der Waals surface area contributed by atoms with Crippen LogP contribution in [0.1, 0.15) is 29.5 Å². The van der Waals surface area contributed by atoms with Crippen molar-refractivity contribution in [2.45, 2.75) is 50.2 Å². The molecule has 3 atom stereocenters. The molecule has 1 fully saturated rings. The van der Waals surface area contributed by atoms with Crippen molar-refractivity contribution in [3.63, 3.8) is 0 Å². The fourth-order valence-electron chi connectivity index (χ4n) is 6.45. The smallest absolute Gasteiger partial charge is 0.243 e. The first-order valence-electron chi connectivity index (χ1n) is 16.4. The minimum absolute atomic E-state index is 0.139. The summed E-state index contributed by atoms with van der Waals surface area (Å²) in [5, 5.41) is 13.9. The quantitative estimate of drug-likeness (QED) is 0.104. The van der Waals surface area contributed by atoms with Crippen molar-refractivity contribution in [2.75, 3.05) is 13.1 Å². The van der Waals surface area contributed by atoms with Gasteiger partial charge in [0, 0.05) is 59.4 Å². The summed E-state index contributed by atoms with van der Waals surface area (Å²) in [6, 6.07) is 21.7. The number of fused-ring (bicyclic) bond motifs is 2. The lowest BCUT2D eigenvalue weighted by Gasteiger charge is -2.27. The molecule has 5 aromatic rings. The largest absolute Gasteiger partial charge is 0.368 e.